The van der Waals surface area contributed by atoms with Gasteiger partial charge in [-0.15, -0.1) is 0 Å². The normalized spacial score (nSPS) is 14.5. The van der Waals surface area contributed by atoms with E-state index in [0.717, 1.165) is 12.2 Å². The van der Waals surface area contributed by atoms with Gasteiger partial charge in [0.1, 0.15) is 6.04 Å². The number of aliphatic carboxylic acids is 1. The minimum atomic E-state index is -6.05. The van der Waals surface area contributed by atoms with Crippen molar-refractivity contribution < 1.29 is 36.6 Å². The highest BCUT2D eigenvalue weighted by atomic mass is 19.4. The van der Waals surface area contributed by atoms with Gasteiger partial charge in [0.15, 0.2) is 0 Å². The Bertz CT molecular complexity index is 274. The first-order valence-electron chi connectivity index (χ1n) is 3.48. The predicted octanol–water partition coefficient (Wildman–Crippen LogP) is 0.773. The number of hydrogen-bond donors (Lipinski definition) is 2. The van der Waals surface area contributed by atoms with Crippen LogP contribution in [0, 0.1) is 0 Å². The first-order valence-corrected chi connectivity index (χ1v) is 3.48. The molecule has 0 aliphatic rings. The molecule has 0 bridgehead atoms. The molecule has 1 atom stereocenters. The van der Waals surface area contributed by atoms with Crippen LogP contribution >= 0.6 is 0 Å². The summed E-state index contributed by atoms with van der Waals surface area (Å²) in [5.41, 5.74) is 0. The van der Waals surface area contributed by atoms with E-state index >= 15 is 0 Å². The molecule has 4 nitrogen and oxygen atoms in total. The van der Waals surface area contributed by atoms with Gasteiger partial charge in [-0.25, -0.2) is 0 Å². The molecule has 0 spiro atoms. The molecule has 0 saturated heterocycles. The number of hydrogen-bond acceptors (Lipinski definition) is 2. The summed E-state index contributed by atoms with van der Waals surface area (Å²) in [6, 6.07) is -1.83. The summed E-state index contributed by atoms with van der Waals surface area (Å²) >= 11 is 0. The second kappa shape index (κ2) is 3.99. The molecular formula is C6H6F5NO3. The number of alkyl halides is 5. The van der Waals surface area contributed by atoms with Crippen molar-refractivity contribution in [3.05, 3.63) is 0 Å². The second-order valence-electron chi connectivity index (χ2n) is 2.61. The summed E-state index contributed by atoms with van der Waals surface area (Å²) in [4.78, 5) is 20.5. The molecule has 0 heterocycles. The van der Waals surface area contributed by atoms with Crippen LogP contribution < -0.4 is 5.32 Å². The Morgan fingerprint density at radius 2 is 1.60 bits per heavy atom. The Morgan fingerprint density at radius 1 is 1.20 bits per heavy atom. The van der Waals surface area contributed by atoms with Gasteiger partial charge >= 0.3 is 24.0 Å². The monoisotopic (exact) mass is 235 g/mol. The van der Waals surface area contributed by atoms with Crippen molar-refractivity contribution in [2.75, 3.05) is 0 Å². The second-order valence-corrected chi connectivity index (χ2v) is 2.61. The molecule has 0 aromatic rings. The van der Waals surface area contributed by atoms with Crippen molar-refractivity contribution >= 4 is 11.9 Å². The minimum absolute atomic E-state index is 0.757. The van der Waals surface area contributed by atoms with Crippen LogP contribution in [-0.2, 0) is 9.59 Å². The molecule has 0 aromatic carbocycles. The molecule has 15 heavy (non-hydrogen) atoms. The zero-order valence-electron chi connectivity index (χ0n) is 7.23. The van der Waals surface area contributed by atoms with Crippen LogP contribution in [0.15, 0.2) is 0 Å². The number of nitrogens with one attached hydrogen (secondary N) is 1. The lowest BCUT2D eigenvalue weighted by Gasteiger charge is -2.19. The lowest BCUT2D eigenvalue weighted by atomic mass is 10.2. The highest BCUT2D eigenvalue weighted by molar-refractivity contribution is 5.88. The van der Waals surface area contributed by atoms with Crippen LogP contribution in [-0.4, -0.2) is 35.1 Å². The Kier molecular flexibility index (Phi) is 3.61. The van der Waals surface area contributed by atoms with E-state index in [1.165, 1.54) is 0 Å². The van der Waals surface area contributed by atoms with Crippen molar-refractivity contribution in [2.45, 2.75) is 25.1 Å². The molecule has 0 aliphatic carbocycles. The molecule has 1 amide bonds. The zero-order chi connectivity index (χ0) is 12.4. The van der Waals surface area contributed by atoms with Gasteiger partial charge in [-0.1, -0.05) is 0 Å². The molecule has 0 unspecified atom stereocenters. The van der Waals surface area contributed by atoms with Crippen LogP contribution in [0.25, 0.3) is 0 Å². The maximum absolute atomic E-state index is 12.2. The molecule has 88 valence electrons. The first kappa shape index (κ1) is 13.6. The van der Waals surface area contributed by atoms with Gasteiger partial charge in [0.25, 0.3) is 0 Å². The van der Waals surface area contributed by atoms with Crippen LogP contribution in [0.4, 0.5) is 22.0 Å². The van der Waals surface area contributed by atoms with Crippen molar-refractivity contribution in [3.63, 3.8) is 0 Å². The molecule has 9 heteroatoms. The quantitative estimate of drug-likeness (QED) is 0.710. The summed E-state index contributed by atoms with van der Waals surface area (Å²) in [5.74, 6) is -10.0. The fourth-order valence-electron chi connectivity index (χ4n) is 0.478. The summed E-state index contributed by atoms with van der Waals surface area (Å²) < 4.78 is 59.2. The molecule has 0 aromatic heterocycles. The summed E-state index contributed by atoms with van der Waals surface area (Å²) in [5, 5.41) is 9.18. The van der Waals surface area contributed by atoms with Gasteiger partial charge in [-0.3, -0.25) is 9.59 Å². The van der Waals surface area contributed by atoms with Gasteiger partial charge in [0.2, 0.25) is 0 Å². The van der Waals surface area contributed by atoms with E-state index in [2.05, 4.69) is 0 Å². The number of halogens is 5. The predicted molar refractivity (Wildman–Crippen MR) is 36.2 cm³/mol. The molecule has 0 saturated carbocycles. The number of amides is 1. The van der Waals surface area contributed by atoms with Gasteiger partial charge in [-0.05, 0) is 6.92 Å². The molecular weight excluding hydrogens is 229 g/mol. The maximum atomic E-state index is 12.2. The Balaban J connectivity index is 4.66. The van der Waals surface area contributed by atoms with Gasteiger partial charge < -0.3 is 10.4 Å². The number of carboxylic acids is 1. The smallest absolute Gasteiger partial charge is 0.463 e. The van der Waals surface area contributed by atoms with Gasteiger partial charge in [0, 0.05) is 0 Å². The third kappa shape index (κ3) is 3.03. The van der Waals surface area contributed by atoms with E-state index in [0.29, 0.717) is 0 Å². The SMILES string of the molecule is C[C@@H](NC(=O)C(F)(F)C(F)(F)F)C(=O)O. The number of rotatable bonds is 3. The number of carboxylic acid groups (broad SMARTS) is 1. The van der Waals surface area contributed by atoms with Crippen molar-refractivity contribution in [1.29, 1.82) is 0 Å². The molecule has 0 aliphatic heterocycles. The maximum Gasteiger partial charge on any atom is 0.463 e. The van der Waals surface area contributed by atoms with Crippen LogP contribution in [0.1, 0.15) is 6.92 Å². The first-order chi connectivity index (χ1) is 6.50. The largest absolute Gasteiger partial charge is 0.480 e. The lowest BCUT2D eigenvalue weighted by molar-refractivity contribution is -0.270. The van der Waals surface area contributed by atoms with E-state index in [1.54, 1.807) is 0 Å². The summed E-state index contributed by atoms with van der Waals surface area (Å²) in [6.07, 6.45) is -6.05. The van der Waals surface area contributed by atoms with Crippen LogP contribution in [0.2, 0.25) is 0 Å². The van der Waals surface area contributed by atoms with E-state index in [1.807, 2.05) is 0 Å². The Morgan fingerprint density at radius 3 is 1.87 bits per heavy atom. The van der Waals surface area contributed by atoms with Gasteiger partial charge in [-0.2, -0.15) is 22.0 Å². The fraction of sp³-hybridized carbons (Fsp3) is 0.667. The van der Waals surface area contributed by atoms with E-state index in [4.69, 9.17) is 5.11 Å². The number of carbonyl (C=O) groups is 2. The fourth-order valence-corrected chi connectivity index (χ4v) is 0.478. The molecule has 0 fully saturated rings. The molecule has 0 rings (SSSR count). The average molecular weight is 235 g/mol. The van der Waals surface area contributed by atoms with E-state index in [9.17, 15) is 31.5 Å². The summed E-state index contributed by atoms with van der Waals surface area (Å²) in [6.45, 7) is 0.757. The third-order valence-corrected chi connectivity index (χ3v) is 1.36. The van der Waals surface area contributed by atoms with Crippen molar-refractivity contribution in [1.82, 2.24) is 5.32 Å². The van der Waals surface area contributed by atoms with E-state index < -0.39 is 30.0 Å². The average Bonchev–Trinajstić information content (AvgIpc) is 2.01. The topological polar surface area (TPSA) is 66.4 Å². The van der Waals surface area contributed by atoms with Gasteiger partial charge in [0.05, 0.1) is 0 Å². The third-order valence-electron chi connectivity index (χ3n) is 1.36. The van der Waals surface area contributed by atoms with Crippen LogP contribution in [0.5, 0.6) is 0 Å². The van der Waals surface area contributed by atoms with E-state index in [-0.39, 0.29) is 0 Å². The molecule has 0 radical (unpaired) electrons. The van der Waals surface area contributed by atoms with Crippen molar-refractivity contribution in [2.24, 2.45) is 0 Å². The number of carbonyl (C=O) groups excluding carboxylic acids is 1. The Hall–Kier alpha value is -1.41. The van der Waals surface area contributed by atoms with Crippen LogP contribution in [0.3, 0.4) is 0 Å². The Labute approximate surface area is 80.1 Å². The highest BCUT2D eigenvalue weighted by Gasteiger charge is 2.63. The minimum Gasteiger partial charge on any atom is -0.480 e. The standard InChI is InChI=1S/C6H6F5NO3/c1-2(3(13)14)12-4(15)5(7,8)6(9,10)11/h2H,1H3,(H,12,15)(H,13,14)/t2-/m1/s1. The lowest BCUT2D eigenvalue weighted by Crippen LogP contribution is -2.53. The van der Waals surface area contributed by atoms with Crippen molar-refractivity contribution in [3.8, 4) is 0 Å². The highest BCUT2D eigenvalue weighted by Crippen LogP contribution is 2.35. The molecule has 2 N–H and O–H groups in total. The zero-order valence-corrected chi connectivity index (χ0v) is 7.23. The summed E-state index contributed by atoms with van der Waals surface area (Å²) in [7, 11) is 0.